The standard InChI is InChI=1S/C15H19N3O3/c1-11(2)14(15(20)21)17-10-13(19)18(9-8-16)12-6-4-3-5-7-12/h3-7,11,14,17H,9-10H2,1-2H3,(H,20,21). The third-order valence-corrected chi connectivity index (χ3v) is 3.00. The summed E-state index contributed by atoms with van der Waals surface area (Å²) in [6.45, 7) is 3.32. The molecule has 0 saturated carbocycles. The number of benzene rings is 1. The molecule has 21 heavy (non-hydrogen) atoms. The molecule has 112 valence electrons. The van der Waals surface area contributed by atoms with Gasteiger partial charge in [0.2, 0.25) is 5.91 Å². The largest absolute Gasteiger partial charge is 0.480 e. The van der Waals surface area contributed by atoms with Crippen molar-refractivity contribution in [3.63, 3.8) is 0 Å². The number of carbonyl (C=O) groups is 2. The minimum Gasteiger partial charge on any atom is -0.480 e. The van der Waals surface area contributed by atoms with Gasteiger partial charge in [0.15, 0.2) is 0 Å². The molecule has 0 bridgehead atoms. The summed E-state index contributed by atoms with van der Waals surface area (Å²) in [5.41, 5.74) is 0.613. The maximum absolute atomic E-state index is 12.2. The Balaban J connectivity index is 2.75. The highest BCUT2D eigenvalue weighted by molar-refractivity contribution is 5.95. The zero-order chi connectivity index (χ0) is 15.8. The van der Waals surface area contributed by atoms with E-state index in [-0.39, 0.29) is 24.9 Å². The summed E-state index contributed by atoms with van der Waals surface area (Å²) in [6.07, 6.45) is 0. The van der Waals surface area contributed by atoms with Crippen LogP contribution in [0.4, 0.5) is 5.69 Å². The molecule has 0 aliphatic rings. The van der Waals surface area contributed by atoms with E-state index in [1.54, 1.807) is 38.1 Å². The molecular weight excluding hydrogens is 270 g/mol. The minimum absolute atomic E-state index is 0.0794. The Hall–Kier alpha value is -2.39. The van der Waals surface area contributed by atoms with Gasteiger partial charge in [-0.15, -0.1) is 0 Å². The first-order valence-electron chi connectivity index (χ1n) is 6.66. The van der Waals surface area contributed by atoms with E-state index < -0.39 is 12.0 Å². The van der Waals surface area contributed by atoms with Gasteiger partial charge in [-0.2, -0.15) is 5.26 Å². The number of carbonyl (C=O) groups excluding carboxylic acids is 1. The predicted molar refractivity (Wildman–Crippen MR) is 78.7 cm³/mol. The summed E-state index contributed by atoms with van der Waals surface area (Å²) in [5, 5.41) is 20.6. The monoisotopic (exact) mass is 289 g/mol. The lowest BCUT2D eigenvalue weighted by Gasteiger charge is -2.22. The topological polar surface area (TPSA) is 93.4 Å². The third-order valence-electron chi connectivity index (χ3n) is 3.00. The summed E-state index contributed by atoms with van der Waals surface area (Å²) < 4.78 is 0. The fraction of sp³-hybridized carbons (Fsp3) is 0.400. The van der Waals surface area contributed by atoms with Gasteiger partial charge < -0.3 is 5.11 Å². The van der Waals surface area contributed by atoms with Crippen molar-refractivity contribution >= 4 is 17.6 Å². The van der Waals surface area contributed by atoms with E-state index in [0.29, 0.717) is 5.69 Å². The number of para-hydroxylation sites is 1. The quantitative estimate of drug-likeness (QED) is 0.737. The van der Waals surface area contributed by atoms with Crippen LogP contribution in [-0.2, 0) is 9.59 Å². The van der Waals surface area contributed by atoms with E-state index in [4.69, 9.17) is 10.4 Å². The van der Waals surface area contributed by atoms with Crippen LogP contribution in [0.1, 0.15) is 13.8 Å². The number of aliphatic carboxylic acids is 1. The lowest BCUT2D eigenvalue weighted by atomic mass is 10.1. The molecule has 6 heteroatoms. The number of carboxylic acid groups (broad SMARTS) is 1. The fourth-order valence-corrected chi connectivity index (χ4v) is 1.90. The molecule has 0 radical (unpaired) electrons. The van der Waals surface area contributed by atoms with Crippen molar-refractivity contribution in [1.29, 1.82) is 5.26 Å². The highest BCUT2D eigenvalue weighted by Crippen LogP contribution is 2.13. The third kappa shape index (κ3) is 4.89. The van der Waals surface area contributed by atoms with E-state index in [1.807, 2.05) is 12.1 Å². The van der Waals surface area contributed by atoms with Crippen molar-refractivity contribution in [2.24, 2.45) is 5.92 Å². The number of anilines is 1. The number of rotatable bonds is 7. The Kier molecular flexibility index (Phi) is 6.37. The van der Waals surface area contributed by atoms with Gasteiger partial charge in [-0.05, 0) is 18.1 Å². The molecule has 0 fully saturated rings. The van der Waals surface area contributed by atoms with Gasteiger partial charge in [0.25, 0.3) is 0 Å². The van der Waals surface area contributed by atoms with Crippen LogP contribution in [0.3, 0.4) is 0 Å². The van der Waals surface area contributed by atoms with Crippen molar-refractivity contribution in [3.05, 3.63) is 30.3 Å². The highest BCUT2D eigenvalue weighted by Gasteiger charge is 2.23. The van der Waals surface area contributed by atoms with E-state index >= 15 is 0 Å². The van der Waals surface area contributed by atoms with Gasteiger partial charge in [0.05, 0.1) is 12.6 Å². The maximum atomic E-state index is 12.2. The first kappa shape index (κ1) is 16.7. The van der Waals surface area contributed by atoms with E-state index in [1.165, 1.54) is 4.90 Å². The molecular formula is C15H19N3O3. The number of nitrogens with one attached hydrogen (secondary N) is 1. The molecule has 2 N–H and O–H groups in total. The summed E-state index contributed by atoms with van der Waals surface area (Å²) in [4.78, 5) is 24.6. The second kappa shape index (κ2) is 8.02. The Labute approximate surface area is 124 Å². The van der Waals surface area contributed by atoms with Crippen LogP contribution in [-0.4, -0.2) is 36.1 Å². The van der Waals surface area contributed by atoms with Crippen LogP contribution in [0.25, 0.3) is 0 Å². The molecule has 1 rings (SSSR count). The zero-order valence-electron chi connectivity index (χ0n) is 12.1. The maximum Gasteiger partial charge on any atom is 0.320 e. The molecule has 0 aromatic heterocycles. The normalized spacial score (nSPS) is 11.7. The van der Waals surface area contributed by atoms with Crippen molar-refractivity contribution in [1.82, 2.24) is 5.32 Å². The Bertz CT molecular complexity index is 523. The molecule has 0 aliphatic carbocycles. The van der Waals surface area contributed by atoms with Crippen molar-refractivity contribution < 1.29 is 14.7 Å². The van der Waals surface area contributed by atoms with Crippen molar-refractivity contribution in [3.8, 4) is 6.07 Å². The van der Waals surface area contributed by atoms with Crippen LogP contribution in [0.5, 0.6) is 0 Å². The smallest absolute Gasteiger partial charge is 0.320 e. The Morgan fingerprint density at radius 3 is 2.43 bits per heavy atom. The lowest BCUT2D eigenvalue weighted by Crippen LogP contribution is -2.47. The van der Waals surface area contributed by atoms with Crippen molar-refractivity contribution in [2.75, 3.05) is 18.0 Å². The molecule has 0 aliphatic heterocycles. The molecule has 1 amide bonds. The summed E-state index contributed by atoms with van der Waals surface area (Å²) in [5.74, 6) is -1.48. The predicted octanol–water partition coefficient (Wildman–Crippen LogP) is 1.24. The highest BCUT2D eigenvalue weighted by atomic mass is 16.4. The molecule has 0 saturated heterocycles. The van der Waals surface area contributed by atoms with Crippen molar-refractivity contribution in [2.45, 2.75) is 19.9 Å². The van der Waals surface area contributed by atoms with Gasteiger partial charge >= 0.3 is 5.97 Å². The van der Waals surface area contributed by atoms with Crippen LogP contribution < -0.4 is 10.2 Å². The first-order valence-corrected chi connectivity index (χ1v) is 6.66. The SMILES string of the molecule is CC(C)C(NCC(=O)N(CC#N)c1ccccc1)C(=O)O. The van der Waals surface area contributed by atoms with Gasteiger partial charge in [-0.1, -0.05) is 32.0 Å². The van der Waals surface area contributed by atoms with Gasteiger partial charge in [0.1, 0.15) is 12.6 Å². The molecule has 0 spiro atoms. The summed E-state index contributed by atoms with van der Waals surface area (Å²) >= 11 is 0. The number of nitriles is 1. The number of hydrogen-bond donors (Lipinski definition) is 2. The van der Waals surface area contributed by atoms with Crippen LogP contribution >= 0.6 is 0 Å². The minimum atomic E-state index is -0.996. The van der Waals surface area contributed by atoms with E-state index in [2.05, 4.69) is 5.32 Å². The summed E-state index contributed by atoms with van der Waals surface area (Å²) in [6, 6.07) is 9.96. The summed E-state index contributed by atoms with van der Waals surface area (Å²) in [7, 11) is 0. The number of hydrogen-bond acceptors (Lipinski definition) is 4. The second-order valence-corrected chi connectivity index (χ2v) is 4.91. The number of nitrogens with zero attached hydrogens (tertiary/aromatic N) is 2. The molecule has 1 aromatic rings. The van der Waals surface area contributed by atoms with Gasteiger partial charge in [-0.25, -0.2) is 0 Å². The van der Waals surface area contributed by atoms with E-state index in [0.717, 1.165) is 0 Å². The van der Waals surface area contributed by atoms with Gasteiger partial charge in [0, 0.05) is 5.69 Å². The lowest BCUT2D eigenvalue weighted by molar-refractivity contribution is -0.140. The molecule has 0 heterocycles. The van der Waals surface area contributed by atoms with Crippen LogP contribution in [0, 0.1) is 17.2 Å². The molecule has 1 aromatic carbocycles. The number of amides is 1. The molecule has 6 nitrogen and oxygen atoms in total. The number of carboxylic acids is 1. The molecule has 1 atom stereocenters. The average molecular weight is 289 g/mol. The van der Waals surface area contributed by atoms with Crippen LogP contribution in [0.2, 0.25) is 0 Å². The van der Waals surface area contributed by atoms with Gasteiger partial charge in [-0.3, -0.25) is 19.8 Å². The van der Waals surface area contributed by atoms with Crippen LogP contribution in [0.15, 0.2) is 30.3 Å². The zero-order valence-corrected chi connectivity index (χ0v) is 12.1. The molecule has 1 unspecified atom stereocenters. The average Bonchev–Trinajstić information content (AvgIpc) is 2.44. The Morgan fingerprint density at radius 1 is 1.33 bits per heavy atom. The fourth-order valence-electron chi connectivity index (χ4n) is 1.90. The second-order valence-electron chi connectivity index (χ2n) is 4.91. The Morgan fingerprint density at radius 2 is 1.95 bits per heavy atom. The first-order chi connectivity index (χ1) is 9.97. The van der Waals surface area contributed by atoms with E-state index in [9.17, 15) is 9.59 Å².